The van der Waals surface area contributed by atoms with Crippen molar-refractivity contribution in [2.75, 3.05) is 4.72 Å². The van der Waals surface area contributed by atoms with E-state index in [0.29, 0.717) is 3.57 Å². The van der Waals surface area contributed by atoms with Crippen LogP contribution in [0.25, 0.3) is 0 Å². The molecule has 0 fully saturated rings. The third kappa shape index (κ3) is 3.10. The molecule has 0 aliphatic heterocycles. The maximum atomic E-state index is 12.9. The van der Waals surface area contributed by atoms with Crippen molar-refractivity contribution in [3.05, 3.63) is 45.5 Å². The van der Waals surface area contributed by atoms with Gasteiger partial charge in [-0.2, -0.15) is 8.42 Å². The van der Waals surface area contributed by atoms with Crippen molar-refractivity contribution in [3.8, 4) is 0 Å². The fourth-order valence-corrected chi connectivity index (χ4v) is 3.16. The number of halogens is 2. The van der Waals surface area contributed by atoms with Gasteiger partial charge in [-0.25, -0.2) is 9.18 Å². The molecule has 1 aromatic heterocycles. The molecule has 0 unspecified atom stereocenters. The monoisotopic (exact) mass is 411 g/mol. The van der Waals surface area contributed by atoms with Gasteiger partial charge in [-0.1, -0.05) is 0 Å². The van der Waals surface area contributed by atoms with Crippen LogP contribution in [0.15, 0.2) is 39.8 Å². The molecule has 0 amide bonds. The van der Waals surface area contributed by atoms with E-state index in [4.69, 9.17) is 9.52 Å². The summed E-state index contributed by atoms with van der Waals surface area (Å²) in [5, 5.41) is 8.14. The quantitative estimate of drug-likeness (QED) is 0.754. The summed E-state index contributed by atoms with van der Waals surface area (Å²) < 4.78 is 44.2. The number of carboxylic acid groups (broad SMARTS) is 1. The Morgan fingerprint density at radius 2 is 2.00 bits per heavy atom. The van der Waals surface area contributed by atoms with E-state index in [1.54, 1.807) is 22.6 Å². The second-order valence-electron chi connectivity index (χ2n) is 3.65. The summed E-state index contributed by atoms with van der Waals surface area (Å²) >= 11 is 1.77. The van der Waals surface area contributed by atoms with Crippen molar-refractivity contribution in [2.24, 2.45) is 0 Å². The number of anilines is 1. The summed E-state index contributed by atoms with van der Waals surface area (Å²) in [5.41, 5.74) is 0.167. The molecule has 0 spiro atoms. The first-order chi connectivity index (χ1) is 9.29. The fourth-order valence-electron chi connectivity index (χ4n) is 1.35. The summed E-state index contributed by atoms with van der Waals surface area (Å²) in [6.45, 7) is 0. The average molecular weight is 411 g/mol. The third-order valence-corrected chi connectivity index (χ3v) is 4.36. The summed E-state index contributed by atoms with van der Waals surface area (Å²) in [6.07, 6.45) is 0. The number of hydrogen-bond acceptors (Lipinski definition) is 4. The zero-order valence-corrected chi connectivity index (χ0v) is 12.6. The van der Waals surface area contributed by atoms with Crippen LogP contribution in [0.4, 0.5) is 10.1 Å². The van der Waals surface area contributed by atoms with Crippen molar-refractivity contribution >= 4 is 44.3 Å². The van der Waals surface area contributed by atoms with E-state index in [0.717, 1.165) is 24.3 Å². The molecule has 6 nitrogen and oxygen atoms in total. The van der Waals surface area contributed by atoms with Gasteiger partial charge in [0, 0.05) is 3.57 Å². The lowest BCUT2D eigenvalue weighted by Crippen LogP contribution is -2.13. The summed E-state index contributed by atoms with van der Waals surface area (Å²) in [6, 6.07) is 5.58. The third-order valence-electron chi connectivity index (χ3n) is 2.23. The Hall–Kier alpha value is -1.62. The molecular formula is C11H7FINO5S. The van der Waals surface area contributed by atoms with E-state index in [9.17, 15) is 17.6 Å². The van der Waals surface area contributed by atoms with Crippen LogP contribution in [0.3, 0.4) is 0 Å². The molecule has 0 atom stereocenters. The second kappa shape index (κ2) is 5.40. The van der Waals surface area contributed by atoms with Crippen LogP contribution < -0.4 is 4.72 Å². The first-order valence-electron chi connectivity index (χ1n) is 5.10. The van der Waals surface area contributed by atoms with Crippen LogP contribution in [-0.2, 0) is 10.0 Å². The van der Waals surface area contributed by atoms with E-state index in [-0.39, 0.29) is 5.69 Å². The largest absolute Gasteiger partial charge is 0.475 e. The zero-order valence-electron chi connectivity index (χ0n) is 9.63. The van der Waals surface area contributed by atoms with Crippen LogP contribution in [-0.4, -0.2) is 19.5 Å². The number of hydrogen-bond donors (Lipinski definition) is 2. The van der Waals surface area contributed by atoms with Crippen LogP contribution in [0.5, 0.6) is 0 Å². The van der Waals surface area contributed by atoms with Crippen LogP contribution in [0.2, 0.25) is 0 Å². The van der Waals surface area contributed by atoms with E-state index < -0.39 is 32.7 Å². The number of carboxylic acids is 1. The maximum Gasteiger partial charge on any atom is 0.371 e. The number of furan rings is 1. The average Bonchev–Trinajstić information content (AvgIpc) is 2.83. The second-order valence-corrected chi connectivity index (χ2v) is 6.43. The molecule has 2 aromatic rings. The van der Waals surface area contributed by atoms with Crippen LogP contribution in [0.1, 0.15) is 10.6 Å². The molecule has 2 rings (SSSR count). The number of carbonyl (C=O) groups is 1. The Morgan fingerprint density at radius 1 is 1.30 bits per heavy atom. The zero-order chi connectivity index (χ0) is 14.9. The highest BCUT2D eigenvalue weighted by atomic mass is 127. The van der Waals surface area contributed by atoms with Gasteiger partial charge in [0.25, 0.3) is 10.0 Å². The van der Waals surface area contributed by atoms with Gasteiger partial charge in [0.2, 0.25) is 10.9 Å². The van der Waals surface area contributed by atoms with Crippen molar-refractivity contribution in [3.63, 3.8) is 0 Å². The number of sulfonamides is 1. The van der Waals surface area contributed by atoms with Gasteiger partial charge in [0.05, 0.1) is 5.69 Å². The lowest BCUT2D eigenvalue weighted by atomic mass is 10.3. The Bertz CT molecular complexity index is 771. The number of benzene rings is 1. The SMILES string of the molecule is O=C(O)c1ccc(S(=O)(=O)Nc2ccc(F)cc2I)o1. The van der Waals surface area contributed by atoms with Gasteiger partial charge in [-0.05, 0) is 52.9 Å². The lowest BCUT2D eigenvalue weighted by Gasteiger charge is -2.07. The van der Waals surface area contributed by atoms with Gasteiger partial charge in [0.15, 0.2) is 0 Å². The number of nitrogens with one attached hydrogen (secondary N) is 1. The molecule has 0 aliphatic rings. The smallest absolute Gasteiger partial charge is 0.371 e. The standard InChI is InChI=1S/C11H7FINO5S/c12-6-1-2-8(7(13)5-6)14-20(17,18)10-4-3-9(19-10)11(15)16/h1-5,14H,(H,15,16). The van der Waals surface area contributed by atoms with Crippen molar-refractivity contribution in [2.45, 2.75) is 5.09 Å². The topological polar surface area (TPSA) is 96.6 Å². The molecule has 0 bridgehead atoms. The van der Waals surface area contributed by atoms with Crippen molar-refractivity contribution in [1.29, 1.82) is 0 Å². The molecule has 106 valence electrons. The highest BCUT2D eigenvalue weighted by Crippen LogP contribution is 2.23. The lowest BCUT2D eigenvalue weighted by molar-refractivity contribution is 0.0656. The minimum atomic E-state index is -4.07. The van der Waals surface area contributed by atoms with Gasteiger partial charge in [0.1, 0.15) is 5.82 Å². The van der Waals surface area contributed by atoms with Crippen molar-refractivity contribution in [1.82, 2.24) is 0 Å². The predicted octanol–water partition coefficient (Wildman–Crippen LogP) is 2.52. The Kier molecular flexibility index (Phi) is 3.99. The highest BCUT2D eigenvalue weighted by molar-refractivity contribution is 14.1. The normalized spacial score (nSPS) is 11.3. The van der Waals surface area contributed by atoms with Gasteiger partial charge in [-0.3, -0.25) is 4.72 Å². The minimum absolute atomic E-state index is 0.167. The van der Waals surface area contributed by atoms with Gasteiger partial charge >= 0.3 is 5.97 Å². The molecule has 9 heteroatoms. The summed E-state index contributed by atoms with van der Waals surface area (Å²) in [4.78, 5) is 10.6. The molecular weight excluding hydrogens is 404 g/mol. The number of rotatable bonds is 4. The van der Waals surface area contributed by atoms with E-state index in [1.807, 2.05) is 0 Å². The molecule has 1 aromatic carbocycles. The van der Waals surface area contributed by atoms with Gasteiger partial charge < -0.3 is 9.52 Å². The van der Waals surface area contributed by atoms with E-state index in [1.165, 1.54) is 6.07 Å². The molecule has 2 N–H and O–H groups in total. The summed E-state index contributed by atoms with van der Waals surface area (Å²) in [7, 11) is -4.07. The first-order valence-corrected chi connectivity index (χ1v) is 7.67. The molecule has 0 aliphatic carbocycles. The van der Waals surface area contributed by atoms with Crippen molar-refractivity contribution < 1.29 is 27.1 Å². The minimum Gasteiger partial charge on any atom is -0.475 e. The Labute approximate surface area is 126 Å². The maximum absolute atomic E-state index is 12.9. The first kappa shape index (κ1) is 14.8. The van der Waals surface area contributed by atoms with Gasteiger partial charge in [-0.15, -0.1) is 0 Å². The van der Waals surface area contributed by atoms with E-state index >= 15 is 0 Å². The predicted molar refractivity (Wildman–Crippen MR) is 75.6 cm³/mol. The fraction of sp³-hybridized carbons (Fsp3) is 0. The summed E-state index contributed by atoms with van der Waals surface area (Å²) in [5.74, 6) is -2.36. The molecule has 0 radical (unpaired) electrons. The Balaban J connectivity index is 2.33. The molecule has 20 heavy (non-hydrogen) atoms. The van der Waals surface area contributed by atoms with Crippen LogP contribution >= 0.6 is 22.6 Å². The molecule has 0 saturated heterocycles. The molecule has 0 saturated carbocycles. The number of aromatic carboxylic acids is 1. The van der Waals surface area contributed by atoms with E-state index in [2.05, 4.69) is 4.72 Å². The van der Waals surface area contributed by atoms with Crippen LogP contribution in [0, 0.1) is 9.39 Å². The molecule has 1 heterocycles. The Morgan fingerprint density at radius 3 is 2.55 bits per heavy atom. The highest BCUT2D eigenvalue weighted by Gasteiger charge is 2.22.